The van der Waals surface area contributed by atoms with Crippen molar-refractivity contribution in [3.63, 3.8) is 0 Å². The van der Waals surface area contributed by atoms with Crippen molar-refractivity contribution in [2.24, 2.45) is 0 Å². The van der Waals surface area contributed by atoms with Gasteiger partial charge in [0.15, 0.2) is 0 Å². The van der Waals surface area contributed by atoms with Gasteiger partial charge in [0.05, 0.1) is 0 Å². The van der Waals surface area contributed by atoms with E-state index < -0.39 is 0 Å². The van der Waals surface area contributed by atoms with E-state index in [1.165, 1.54) is 0 Å². The van der Waals surface area contributed by atoms with E-state index in [9.17, 15) is 5.11 Å². The number of benzene rings is 2. The summed E-state index contributed by atoms with van der Waals surface area (Å²) in [6, 6.07) is 15.3. The Morgan fingerprint density at radius 2 is 1.83 bits per heavy atom. The Bertz CT molecular complexity index is 600. The summed E-state index contributed by atoms with van der Waals surface area (Å²) in [7, 11) is 0. The van der Waals surface area contributed by atoms with Crippen molar-refractivity contribution in [2.75, 3.05) is 0 Å². The highest BCUT2D eigenvalue weighted by Crippen LogP contribution is 2.35. The average Bonchev–Trinajstić information content (AvgIpc) is 2.39. The Hall–Kier alpha value is -2.22. The third-order valence-electron chi connectivity index (χ3n) is 3.15. The van der Waals surface area contributed by atoms with Crippen molar-refractivity contribution in [2.45, 2.75) is 13.0 Å². The summed E-state index contributed by atoms with van der Waals surface area (Å²) >= 11 is 0. The summed E-state index contributed by atoms with van der Waals surface area (Å²) in [6.45, 7) is 2.04. The van der Waals surface area contributed by atoms with Crippen LogP contribution in [0, 0.1) is 0 Å². The number of ether oxygens (including phenoxy) is 1. The van der Waals surface area contributed by atoms with E-state index in [2.05, 4.69) is 18.2 Å². The highest BCUT2D eigenvalue weighted by atomic mass is 16.5. The number of hydrogen-bond acceptors (Lipinski definition) is 2. The van der Waals surface area contributed by atoms with Gasteiger partial charge in [-0.05, 0) is 42.3 Å². The minimum Gasteiger partial charge on any atom is -0.508 e. The lowest BCUT2D eigenvalue weighted by molar-refractivity contribution is 0.274. The molecular formula is C16H14O2. The Morgan fingerprint density at radius 3 is 2.61 bits per heavy atom. The SMILES string of the molecule is CC1Oc2ccc(O)cc2C=C1c1ccccc1. The van der Waals surface area contributed by atoms with Crippen molar-refractivity contribution >= 4 is 11.6 Å². The van der Waals surface area contributed by atoms with Crippen LogP contribution >= 0.6 is 0 Å². The first-order valence-electron chi connectivity index (χ1n) is 6.01. The second-order valence-electron chi connectivity index (χ2n) is 4.45. The Kier molecular flexibility index (Phi) is 2.56. The molecule has 1 aliphatic rings. The summed E-state index contributed by atoms with van der Waals surface area (Å²) in [5.74, 6) is 1.08. The molecule has 1 unspecified atom stereocenters. The van der Waals surface area contributed by atoms with Gasteiger partial charge >= 0.3 is 0 Å². The van der Waals surface area contributed by atoms with E-state index in [0.29, 0.717) is 0 Å². The summed E-state index contributed by atoms with van der Waals surface area (Å²) in [4.78, 5) is 0. The van der Waals surface area contributed by atoms with E-state index >= 15 is 0 Å². The zero-order chi connectivity index (χ0) is 12.5. The van der Waals surface area contributed by atoms with Crippen LogP contribution in [-0.4, -0.2) is 11.2 Å². The predicted octanol–water partition coefficient (Wildman–Crippen LogP) is 3.71. The van der Waals surface area contributed by atoms with Crippen LogP contribution in [0.2, 0.25) is 0 Å². The van der Waals surface area contributed by atoms with Crippen LogP contribution in [0.15, 0.2) is 48.5 Å². The van der Waals surface area contributed by atoms with Gasteiger partial charge < -0.3 is 9.84 Å². The number of phenolic OH excluding ortho intramolecular Hbond substituents is 1. The van der Waals surface area contributed by atoms with Gasteiger partial charge in [0.1, 0.15) is 17.6 Å². The molecule has 2 heteroatoms. The zero-order valence-corrected chi connectivity index (χ0v) is 10.1. The molecule has 2 nitrogen and oxygen atoms in total. The molecule has 2 aromatic rings. The molecule has 0 fully saturated rings. The molecule has 2 aromatic carbocycles. The lowest BCUT2D eigenvalue weighted by Gasteiger charge is -2.24. The summed E-state index contributed by atoms with van der Waals surface area (Å²) < 4.78 is 5.87. The third-order valence-corrected chi connectivity index (χ3v) is 3.15. The molecule has 0 saturated carbocycles. The summed E-state index contributed by atoms with van der Waals surface area (Å²) in [5.41, 5.74) is 3.21. The summed E-state index contributed by atoms with van der Waals surface area (Å²) in [5, 5.41) is 9.53. The average molecular weight is 238 g/mol. The van der Waals surface area contributed by atoms with Crippen LogP contribution in [0.3, 0.4) is 0 Å². The largest absolute Gasteiger partial charge is 0.508 e. The molecule has 90 valence electrons. The molecule has 18 heavy (non-hydrogen) atoms. The smallest absolute Gasteiger partial charge is 0.127 e. The molecule has 1 heterocycles. The second kappa shape index (κ2) is 4.22. The van der Waals surface area contributed by atoms with Crippen LogP contribution in [-0.2, 0) is 0 Å². The maximum Gasteiger partial charge on any atom is 0.127 e. The fraction of sp³-hybridized carbons (Fsp3) is 0.125. The molecule has 0 bridgehead atoms. The molecule has 0 amide bonds. The Labute approximate surface area is 106 Å². The molecule has 1 aliphatic heterocycles. The fourth-order valence-corrected chi connectivity index (χ4v) is 2.24. The van der Waals surface area contributed by atoms with E-state index in [0.717, 1.165) is 22.4 Å². The van der Waals surface area contributed by atoms with Gasteiger partial charge in [0, 0.05) is 5.56 Å². The standard InChI is InChI=1S/C16H14O2/c1-11-15(12-5-3-2-4-6-12)10-13-9-14(17)7-8-16(13)18-11/h2-11,17H,1H3. The predicted molar refractivity (Wildman–Crippen MR) is 72.5 cm³/mol. The monoisotopic (exact) mass is 238 g/mol. The molecule has 1 atom stereocenters. The fourth-order valence-electron chi connectivity index (χ4n) is 2.24. The van der Waals surface area contributed by atoms with Crippen molar-refractivity contribution in [1.82, 2.24) is 0 Å². The first-order valence-corrected chi connectivity index (χ1v) is 6.01. The van der Waals surface area contributed by atoms with Crippen molar-refractivity contribution in [1.29, 1.82) is 0 Å². The molecule has 0 aliphatic carbocycles. The lowest BCUT2D eigenvalue weighted by Crippen LogP contribution is -2.17. The summed E-state index contributed by atoms with van der Waals surface area (Å²) in [6.07, 6.45) is 2.10. The van der Waals surface area contributed by atoms with Gasteiger partial charge in [-0.25, -0.2) is 0 Å². The van der Waals surface area contributed by atoms with Gasteiger partial charge in [-0.3, -0.25) is 0 Å². The topological polar surface area (TPSA) is 29.5 Å². The van der Waals surface area contributed by atoms with Crippen LogP contribution in [0.4, 0.5) is 0 Å². The Morgan fingerprint density at radius 1 is 1.06 bits per heavy atom. The van der Waals surface area contributed by atoms with Gasteiger partial charge in [0.2, 0.25) is 0 Å². The lowest BCUT2D eigenvalue weighted by atomic mass is 9.96. The van der Waals surface area contributed by atoms with E-state index in [-0.39, 0.29) is 11.9 Å². The minimum absolute atomic E-state index is 0.0180. The third kappa shape index (κ3) is 1.86. The normalized spacial score (nSPS) is 17.6. The number of aromatic hydroxyl groups is 1. The Balaban J connectivity index is 2.10. The quantitative estimate of drug-likeness (QED) is 0.820. The van der Waals surface area contributed by atoms with Gasteiger partial charge in [-0.15, -0.1) is 0 Å². The highest BCUT2D eigenvalue weighted by molar-refractivity contribution is 5.87. The molecular weight excluding hydrogens is 224 g/mol. The maximum absolute atomic E-state index is 9.53. The first-order chi connectivity index (χ1) is 8.74. The number of hydrogen-bond donors (Lipinski definition) is 1. The van der Waals surface area contributed by atoms with E-state index in [4.69, 9.17) is 4.74 Å². The molecule has 0 aromatic heterocycles. The number of phenols is 1. The number of rotatable bonds is 1. The highest BCUT2D eigenvalue weighted by Gasteiger charge is 2.19. The van der Waals surface area contributed by atoms with Crippen molar-refractivity contribution < 1.29 is 9.84 Å². The molecule has 0 saturated heterocycles. The van der Waals surface area contributed by atoms with Crippen LogP contribution in [0.5, 0.6) is 11.5 Å². The van der Waals surface area contributed by atoms with E-state index in [1.807, 2.05) is 25.1 Å². The maximum atomic E-state index is 9.53. The van der Waals surface area contributed by atoms with Crippen LogP contribution in [0.1, 0.15) is 18.1 Å². The van der Waals surface area contributed by atoms with Crippen molar-refractivity contribution in [3.8, 4) is 11.5 Å². The minimum atomic E-state index is 0.0180. The van der Waals surface area contributed by atoms with Crippen LogP contribution < -0.4 is 4.74 Å². The van der Waals surface area contributed by atoms with Gasteiger partial charge in [-0.1, -0.05) is 30.3 Å². The second-order valence-corrected chi connectivity index (χ2v) is 4.45. The molecule has 1 N–H and O–H groups in total. The first kappa shape index (κ1) is 10.9. The molecule has 3 rings (SSSR count). The number of fused-ring (bicyclic) bond motifs is 1. The van der Waals surface area contributed by atoms with Gasteiger partial charge in [-0.2, -0.15) is 0 Å². The van der Waals surface area contributed by atoms with Crippen LogP contribution in [0.25, 0.3) is 11.6 Å². The van der Waals surface area contributed by atoms with E-state index in [1.54, 1.807) is 18.2 Å². The van der Waals surface area contributed by atoms with Gasteiger partial charge in [0.25, 0.3) is 0 Å². The molecule has 0 radical (unpaired) electrons. The molecule has 0 spiro atoms. The zero-order valence-electron chi connectivity index (χ0n) is 10.1. The van der Waals surface area contributed by atoms with Crippen molar-refractivity contribution in [3.05, 3.63) is 59.7 Å².